The molecule has 26 heavy (non-hydrogen) atoms. The van der Waals surface area contributed by atoms with Crippen LogP contribution in [-0.4, -0.2) is 29.3 Å². The summed E-state index contributed by atoms with van der Waals surface area (Å²) in [6, 6.07) is 17.7. The van der Waals surface area contributed by atoms with Crippen LogP contribution in [0, 0.1) is 0 Å². The molecule has 0 spiro atoms. The van der Waals surface area contributed by atoms with Gasteiger partial charge in [-0.3, -0.25) is 4.79 Å². The second kappa shape index (κ2) is 8.34. The van der Waals surface area contributed by atoms with Gasteiger partial charge in [0.05, 0.1) is 30.3 Å². The molecule has 0 aliphatic carbocycles. The fourth-order valence-corrected chi connectivity index (χ4v) is 3.01. The largest absolute Gasteiger partial charge is 0.496 e. The van der Waals surface area contributed by atoms with Gasteiger partial charge in [0, 0.05) is 6.54 Å². The molecule has 5 heteroatoms. The van der Waals surface area contributed by atoms with Crippen LogP contribution in [-0.2, 0) is 12.8 Å². The summed E-state index contributed by atoms with van der Waals surface area (Å²) in [4.78, 5) is 12.6. The van der Waals surface area contributed by atoms with Gasteiger partial charge in [-0.2, -0.15) is 5.10 Å². The van der Waals surface area contributed by atoms with Crippen molar-refractivity contribution in [1.29, 1.82) is 0 Å². The van der Waals surface area contributed by atoms with Crippen molar-refractivity contribution in [3.8, 4) is 11.4 Å². The quantitative estimate of drug-likeness (QED) is 0.711. The van der Waals surface area contributed by atoms with E-state index in [0.717, 1.165) is 29.1 Å². The lowest BCUT2D eigenvalue weighted by Crippen LogP contribution is -2.26. The Morgan fingerprint density at radius 1 is 1.12 bits per heavy atom. The molecule has 3 aromatic rings. The highest BCUT2D eigenvalue weighted by Crippen LogP contribution is 2.18. The normalized spacial score (nSPS) is 10.5. The molecule has 0 aliphatic rings. The summed E-state index contributed by atoms with van der Waals surface area (Å²) in [7, 11) is 1.66. The Balaban J connectivity index is 1.69. The van der Waals surface area contributed by atoms with Crippen LogP contribution in [0.2, 0.25) is 0 Å². The van der Waals surface area contributed by atoms with Crippen molar-refractivity contribution in [2.45, 2.75) is 19.8 Å². The fraction of sp³-hybridized carbons (Fsp3) is 0.238. The minimum absolute atomic E-state index is 0.0982. The Hall–Kier alpha value is -3.08. The Labute approximate surface area is 153 Å². The molecule has 1 aromatic heterocycles. The number of rotatable bonds is 7. The zero-order valence-electron chi connectivity index (χ0n) is 15.1. The van der Waals surface area contributed by atoms with E-state index in [1.165, 1.54) is 0 Å². The van der Waals surface area contributed by atoms with Crippen molar-refractivity contribution >= 4 is 5.91 Å². The lowest BCUT2D eigenvalue weighted by molar-refractivity contribution is 0.0953. The molecule has 2 aromatic carbocycles. The van der Waals surface area contributed by atoms with E-state index in [4.69, 9.17) is 4.74 Å². The number of hydrogen-bond acceptors (Lipinski definition) is 3. The van der Waals surface area contributed by atoms with Crippen LogP contribution in [0.3, 0.4) is 0 Å². The van der Waals surface area contributed by atoms with E-state index in [1.807, 2.05) is 66.2 Å². The lowest BCUT2D eigenvalue weighted by Gasteiger charge is -2.10. The Bertz CT molecular complexity index is 872. The van der Waals surface area contributed by atoms with Crippen LogP contribution in [0.15, 0.2) is 60.8 Å². The van der Waals surface area contributed by atoms with Gasteiger partial charge in [-0.05, 0) is 36.6 Å². The summed E-state index contributed by atoms with van der Waals surface area (Å²) in [5.74, 6) is 0.742. The average molecular weight is 349 g/mol. The minimum Gasteiger partial charge on any atom is -0.496 e. The number of carbonyl (C=O) groups excluding carboxylic acids is 1. The van der Waals surface area contributed by atoms with Crippen molar-refractivity contribution < 1.29 is 9.53 Å². The van der Waals surface area contributed by atoms with Gasteiger partial charge in [0.1, 0.15) is 5.75 Å². The maximum Gasteiger partial charge on any atom is 0.254 e. The summed E-state index contributed by atoms with van der Waals surface area (Å²) in [6.45, 7) is 2.57. The zero-order valence-corrected chi connectivity index (χ0v) is 15.1. The molecule has 1 amide bonds. The van der Waals surface area contributed by atoms with Crippen molar-refractivity contribution in [1.82, 2.24) is 15.1 Å². The molecule has 0 unspecified atom stereocenters. The SMILES string of the molecule is CCc1c(C(=O)NCCc2ccccc2OC)cnn1-c1ccccc1. The summed E-state index contributed by atoms with van der Waals surface area (Å²) in [6.07, 6.45) is 3.08. The molecule has 0 aliphatic heterocycles. The molecular weight excluding hydrogens is 326 g/mol. The molecule has 3 rings (SSSR count). The highest BCUT2D eigenvalue weighted by molar-refractivity contribution is 5.95. The second-order valence-corrected chi connectivity index (χ2v) is 5.92. The number of nitrogens with one attached hydrogen (secondary N) is 1. The van der Waals surface area contributed by atoms with E-state index in [0.29, 0.717) is 18.5 Å². The smallest absolute Gasteiger partial charge is 0.254 e. The number of ether oxygens (including phenoxy) is 1. The van der Waals surface area contributed by atoms with Gasteiger partial charge < -0.3 is 10.1 Å². The number of benzene rings is 2. The third kappa shape index (κ3) is 3.77. The van der Waals surface area contributed by atoms with E-state index in [2.05, 4.69) is 10.4 Å². The first-order valence-electron chi connectivity index (χ1n) is 8.77. The van der Waals surface area contributed by atoms with Gasteiger partial charge in [-0.25, -0.2) is 4.68 Å². The Morgan fingerprint density at radius 3 is 2.58 bits per heavy atom. The Morgan fingerprint density at radius 2 is 1.85 bits per heavy atom. The van der Waals surface area contributed by atoms with Crippen molar-refractivity contribution in [3.05, 3.63) is 77.6 Å². The molecule has 0 atom stereocenters. The van der Waals surface area contributed by atoms with Crippen LogP contribution < -0.4 is 10.1 Å². The topological polar surface area (TPSA) is 56.1 Å². The first kappa shape index (κ1) is 17.7. The third-order valence-electron chi connectivity index (χ3n) is 4.32. The van der Waals surface area contributed by atoms with Crippen molar-refractivity contribution in [2.24, 2.45) is 0 Å². The fourth-order valence-electron chi connectivity index (χ4n) is 3.01. The lowest BCUT2D eigenvalue weighted by atomic mass is 10.1. The molecule has 0 saturated heterocycles. The summed E-state index contributed by atoms with van der Waals surface area (Å²) < 4.78 is 7.18. The van der Waals surface area contributed by atoms with Gasteiger partial charge in [-0.1, -0.05) is 43.3 Å². The average Bonchev–Trinajstić information content (AvgIpc) is 3.13. The molecule has 1 heterocycles. The predicted octanol–water partition coefficient (Wildman–Crippen LogP) is 3.42. The standard InChI is InChI=1S/C21H23N3O2/c1-3-19-18(15-23-24(19)17-10-5-4-6-11-17)21(25)22-14-13-16-9-7-8-12-20(16)26-2/h4-12,15H,3,13-14H2,1-2H3,(H,22,25). The molecule has 1 N–H and O–H groups in total. The van der Waals surface area contributed by atoms with Crippen LogP contribution in [0.4, 0.5) is 0 Å². The van der Waals surface area contributed by atoms with E-state index in [9.17, 15) is 4.79 Å². The zero-order chi connectivity index (χ0) is 18.4. The van der Waals surface area contributed by atoms with Crippen LogP contribution in [0.5, 0.6) is 5.75 Å². The summed E-state index contributed by atoms with van der Waals surface area (Å²) >= 11 is 0. The molecular formula is C21H23N3O2. The predicted molar refractivity (Wildman–Crippen MR) is 102 cm³/mol. The highest BCUT2D eigenvalue weighted by Gasteiger charge is 2.16. The van der Waals surface area contributed by atoms with E-state index in [-0.39, 0.29) is 5.91 Å². The maximum atomic E-state index is 12.6. The molecule has 0 bridgehead atoms. The number of aromatic nitrogens is 2. The number of carbonyl (C=O) groups is 1. The van der Waals surface area contributed by atoms with Crippen molar-refractivity contribution in [3.63, 3.8) is 0 Å². The van der Waals surface area contributed by atoms with E-state index in [1.54, 1.807) is 13.3 Å². The summed E-state index contributed by atoms with van der Waals surface area (Å²) in [5.41, 5.74) is 3.56. The third-order valence-corrected chi connectivity index (χ3v) is 4.32. The monoisotopic (exact) mass is 349 g/mol. The first-order valence-corrected chi connectivity index (χ1v) is 8.77. The van der Waals surface area contributed by atoms with Gasteiger partial charge in [0.15, 0.2) is 0 Å². The summed E-state index contributed by atoms with van der Waals surface area (Å²) in [5, 5.41) is 7.40. The number of nitrogens with zero attached hydrogens (tertiary/aromatic N) is 2. The highest BCUT2D eigenvalue weighted by atomic mass is 16.5. The number of hydrogen-bond donors (Lipinski definition) is 1. The minimum atomic E-state index is -0.0982. The maximum absolute atomic E-state index is 12.6. The molecule has 5 nitrogen and oxygen atoms in total. The van der Waals surface area contributed by atoms with Gasteiger partial charge in [0.25, 0.3) is 5.91 Å². The number of amides is 1. The van der Waals surface area contributed by atoms with E-state index < -0.39 is 0 Å². The molecule has 134 valence electrons. The van der Waals surface area contributed by atoms with Gasteiger partial charge in [-0.15, -0.1) is 0 Å². The van der Waals surface area contributed by atoms with Crippen LogP contribution >= 0.6 is 0 Å². The Kier molecular flexibility index (Phi) is 5.69. The van der Waals surface area contributed by atoms with E-state index >= 15 is 0 Å². The van der Waals surface area contributed by atoms with Crippen molar-refractivity contribution in [2.75, 3.05) is 13.7 Å². The number of para-hydroxylation sites is 2. The first-order chi connectivity index (χ1) is 12.7. The van der Waals surface area contributed by atoms with Gasteiger partial charge in [0.2, 0.25) is 0 Å². The number of methoxy groups -OCH3 is 1. The molecule has 0 fully saturated rings. The molecule has 0 saturated carbocycles. The van der Waals surface area contributed by atoms with Crippen LogP contribution in [0.25, 0.3) is 5.69 Å². The van der Waals surface area contributed by atoms with Crippen LogP contribution in [0.1, 0.15) is 28.5 Å². The molecule has 0 radical (unpaired) electrons. The van der Waals surface area contributed by atoms with Gasteiger partial charge >= 0.3 is 0 Å². The second-order valence-electron chi connectivity index (χ2n) is 5.92.